The largest absolute Gasteiger partial charge is 0.398 e. The first-order chi connectivity index (χ1) is 20.2. The van der Waals surface area contributed by atoms with E-state index in [0.29, 0.717) is 36.1 Å². The van der Waals surface area contributed by atoms with Crippen LogP contribution < -0.4 is 10.6 Å². The monoisotopic (exact) mass is 571 g/mol. The molecule has 4 aliphatic rings. The molecule has 7 nitrogen and oxygen atoms in total. The highest BCUT2D eigenvalue weighted by atomic mass is 19.1. The first-order valence-electron chi connectivity index (χ1n) is 15.9. The molecule has 1 aromatic heterocycles. The number of hydrogen-bond acceptors (Lipinski definition) is 7. The predicted octanol–water partition coefficient (Wildman–Crippen LogP) is 6.21. The maximum absolute atomic E-state index is 12.8. The van der Waals surface area contributed by atoms with Crippen LogP contribution in [0.15, 0.2) is 12.1 Å². The summed E-state index contributed by atoms with van der Waals surface area (Å²) in [6.45, 7) is 12.3. The van der Waals surface area contributed by atoms with Gasteiger partial charge in [-0.15, -0.1) is 0 Å². The van der Waals surface area contributed by atoms with E-state index in [9.17, 15) is 9.65 Å². The second-order valence-electron chi connectivity index (χ2n) is 13.1. The minimum atomic E-state index is -0.551. The number of nitriles is 2. The zero-order valence-electron chi connectivity index (χ0n) is 25.8. The van der Waals surface area contributed by atoms with Crippen LogP contribution in [0.25, 0.3) is 0 Å². The highest BCUT2D eigenvalue weighted by Crippen LogP contribution is 2.43. The average Bonchev–Trinajstić information content (AvgIpc) is 3.46. The fourth-order valence-electron chi connectivity index (χ4n) is 7.58. The second-order valence-corrected chi connectivity index (χ2v) is 13.1. The third kappa shape index (κ3) is 5.84. The van der Waals surface area contributed by atoms with Crippen molar-refractivity contribution in [2.45, 2.75) is 109 Å². The van der Waals surface area contributed by atoms with Crippen LogP contribution >= 0.6 is 0 Å². The number of aryl methyl sites for hydroxylation is 1. The lowest BCUT2D eigenvalue weighted by Crippen LogP contribution is -2.48. The van der Waals surface area contributed by atoms with Gasteiger partial charge in [0.2, 0.25) is 0 Å². The summed E-state index contributed by atoms with van der Waals surface area (Å²) in [7, 11) is 0. The molecule has 2 N–H and O–H groups in total. The van der Waals surface area contributed by atoms with Crippen molar-refractivity contribution in [3.8, 4) is 12.1 Å². The molecule has 3 fully saturated rings. The van der Waals surface area contributed by atoms with Crippen LogP contribution in [-0.4, -0.2) is 52.8 Å². The first kappa shape index (κ1) is 30.2. The van der Waals surface area contributed by atoms with Crippen LogP contribution in [0.1, 0.15) is 112 Å². The van der Waals surface area contributed by atoms with Gasteiger partial charge < -0.3 is 10.6 Å². The summed E-state index contributed by atoms with van der Waals surface area (Å²) in [5, 5.41) is 18.9. The maximum atomic E-state index is 12.8. The number of alkyl halides is 1. The molecule has 3 saturated heterocycles. The van der Waals surface area contributed by atoms with Gasteiger partial charge in [0, 0.05) is 55.2 Å². The van der Waals surface area contributed by atoms with Gasteiger partial charge in [0.15, 0.2) is 0 Å². The third-order valence-corrected chi connectivity index (χ3v) is 10.2. The molecule has 1 aromatic carbocycles. The summed E-state index contributed by atoms with van der Waals surface area (Å²) in [6, 6.07) is 8.69. The summed E-state index contributed by atoms with van der Waals surface area (Å²) in [5.41, 5.74) is 12.4. The number of nitrogens with two attached hydrogens (primary N) is 1. The Morgan fingerprint density at radius 1 is 1.19 bits per heavy atom. The number of halogens is 1. The van der Waals surface area contributed by atoms with E-state index in [1.54, 1.807) is 0 Å². The minimum absolute atomic E-state index is 0.236. The molecule has 0 spiro atoms. The zero-order chi connectivity index (χ0) is 30.0. The molecule has 4 atom stereocenters. The summed E-state index contributed by atoms with van der Waals surface area (Å²) in [6.07, 6.45) is 7.79. The van der Waals surface area contributed by atoms with Crippen LogP contribution in [0.4, 0.5) is 15.9 Å². The lowest BCUT2D eigenvalue weighted by molar-refractivity contribution is 0.217. The van der Waals surface area contributed by atoms with E-state index in [0.717, 1.165) is 81.1 Å². The fraction of sp³-hybridized carbons (Fsp3) is 0.647. The Labute approximate surface area is 250 Å². The van der Waals surface area contributed by atoms with Crippen LogP contribution in [0.5, 0.6) is 0 Å². The molecular weight excluding hydrogens is 525 g/mol. The number of nitrogen functional groups attached to an aromatic ring is 1. The van der Waals surface area contributed by atoms with E-state index in [1.807, 2.05) is 6.07 Å². The van der Waals surface area contributed by atoms with Crippen molar-refractivity contribution in [2.24, 2.45) is 5.92 Å². The van der Waals surface area contributed by atoms with Crippen molar-refractivity contribution in [1.29, 1.82) is 10.5 Å². The summed E-state index contributed by atoms with van der Waals surface area (Å²) >= 11 is 0. The van der Waals surface area contributed by atoms with E-state index in [1.165, 1.54) is 24.0 Å². The number of anilines is 2. The number of fused-ring (bicyclic) bond motifs is 2. The average molecular weight is 572 g/mol. The summed E-state index contributed by atoms with van der Waals surface area (Å²) in [5.74, 6) is 2.99. The molecule has 6 rings (SSSR count). The Morgan fingerprint density at radius 2 is 1.98 bits per heavy atom. The molecule has 3 unspecified atom stereocenters. The summed E-state index contributed by atoms with van der Waals surface area (Å²) in [4.78, 5) is 14.4. The van der Waals surface area contributed by atoms with Gasteiger partial charge in [0.1, 0.15) is 23.9 Å². The fourth-order valence-corrected chi connectivity index (χ4v) is 7.58. The molecular formula is C34H46FN7. The Hall–Kier alpha value is -3.23. The Morgan fingerprint density at radius 3 is 2.64 bits per heavy atom. The van der Waals surface area contributed by atoms with Gasteiger partial charge in [0.05, 0.1) is 17.3 Å². The molecule has 224 valence electrons. The Kier molecular flexibility index (Phi) is 9.04. The molecule has 2 aromatic rings. The van der Waals surface area contributed by atoms with Gasteiger partial charge in [-0.25, -0.2) is 14.4 Å². The molecule has 4 heterocycles. The second kappa shape index (κ2) is 12.6. The van der Waals surface area contributed by atoms with Gasteiger partial charge in [-0.3, -0.25) is 4.90 Å². The van der Waals surface area contributed by atoms with Gasteiger partial charge in [-0.1, -0.05) is 26.8 Å². The molecule has 0 bridgehead atoms. The van der Waals surface area contributed by atoms with Crippen LogP contribution in [-0.2, 0) is 19.3 Å². The Bertz CT molecular complexity index is 1370. The molecule has 42 heavy (non-hydrogen) atoms. The highest BCUT2D eigenvalue weighted by molar-refractivity contribution is 5.63. The van der Waals surface area contributed by atoms with Gasteiger partial charge in [0.25, 0.3) is 0 Å². The number of nitrogens with zero attached hydrogens (tertiary/aromatic N) is 6. The quantitative estimate of drug-likeness (QED) is 0.411. The Balaban J connectivity index is 0.000000295. The maximum Gasteiger partial charge on any atom is 0.135 e. The number of hydrogen-bond donors (Lipinski definition) is 1. The van der Waals surface area contributed by atoms with E-state index >= 15 is 0 Å². The lowest BCUT2D eigenvalue weighted by atomic mass is 9.76. The van der Waals surface area contributed by atoms with Crippen LogP contribution in [0, 0.1) is 28.6 Å². The minimum Gasteiger partial charge on any atom is -0.398 e. The van der Waals surface area contributed by atoms with Crippen molar-refractivity contribution in [1.82, 2.24) is 14.9 Å². The molecule has 1 aliphatic carbocycles. The first-order valence-corrected chi connectivity index (χ1v) is 15.9. The molecule has 0 amide bonds. The standard InChI is InChI=1S/C26H32N6.C8H14FN/c1-4-16(3)19-8-9-22(29)21(13-28)25(19)18-6-7-20-23(12-18)30-24(5-2)31-26(20)32-14-17(15-32)10-11-27;1-8-3-2-4-10(8)6-7(9)5-8/h8-9,16-18H,4-7,10,12,14-15,29H2,1-3H3;7H,2-6H2,1H3/t16-,18?;/m0./s1. The smallest absolute Gasteiger partial charge is 0.135 e. The number of aromatic nitrogens is 2. The van der Waals surface area contributed by atoms with Gasteiger partial charge in [-0.2, -0.15) is 10.5 Å². The molecule has 3 aliphatic heterocycles. The van der Waals surface area contributed by atoms with E-state index in [2.05, 4.69) is 55.7 Å². The number of benzene rings is 1. The third-order valence-electron chi connectivity index (χ3n) is 10.2. The zero-order valence-corrected chi connectivity index (χ0v) is 25.8. The SMILES string of the molecule is CC12CCCN1CC(F)C2.CCc1nc2c(c(N3CC(CC#N)C3)n1)CCC(c1c([C@@H](C)CC)ccc(N)c1C#N)C2. The van der Waals surface area contributed by atoms with E-state index < -0.39 is 6.17 Å². The molecule has 0 radical (unpaired) electrons. The topological polar surface area (TPSA) is 106 Å². The van der Waals surface area contributed by atoms with Crippen molar-refractivity contribution in [3.63, 3.8) is 0 Å². The molecule has 8 heteroatoms. The van der Waals surface area contributed by atoms with Gasteiger partial charge in [-0.05, 0) is 87.4 Å². The van der Waals surface area contributed by atoms with Crippen LogP contribution in [0.2, 0.25) is 0 Å². The van der Waals surface area contributed by atoms with Crippen molar-refractivity contribution in [2.75, 3.05) is 36.8 Å². The van der Waals surface area contributed by atoms with E-state index in [4.69, 9.17) is 21.0 Å². The lowest BCUT2D eigenvalue weighted by Gasteiger charge is -2.41. The molecule has 0 saturated carbocycles. The number of rotatable bonds is 6. The predicted molar refractivity (Wildman–Crippen MR) is 165 cm³/mol. The van der Waals surface area contributed by atoms with Crippen LogP contribution in [0.3, 0.4) is 0 Å². The van der Waals surface area contributed by atoms with Crippen molar-refractivity contribution >= 4 is 11.5 Å². The van der Waals surface area contributed by atoms with E-state index in [-0.39, 0.29) is 11.5 Å². The van der Waals surface area contributed by atoms with Crippen molar-refractivity contribution in [3.05, 3.63) is 45.9 Å². The van der Waals surface area contributed by atoms with Crippen molar-refractivity contribution < 1.29 is 4.39 Å². The highest BCUT2D eigenvalue weighted by Gasteiger charge is 2.44. The normalized spacial score (nSPS) is 25.8. The van der Waals surface area contributed by atoms with Gasteiger partial charge >= 0.3 is 0 Å². The summed E-state index contributed by atoms with van der Waals surface area (Å²) < 4.78 is 12.8.